The van der Waals surface area contributed by atoms with Gasteiger partial charge in [0.25, 0.3) is 0 Å². The van der Waals surface area contributed by atoms with Crippen LogP contribution in [0.25, 0.3) is 0 Å². The molecular formula is C13H21N5. The Morgan fingerprint density at radius 3 is 2.33 bits per heavy atom. The van der Waals surface area contributed by atoms with Gasteiger partial charge in [0.05, 0.1) is 6.54 Å². The molecule has 1 heterocycles. The molecule has 4 aliphatic carbocycles. The normalized spacial score (nSPS) is 41.5. The topological polar surface area (TPSA) is 69.6 Å². The van der Waals surface area contributed by atoms with Gasteiger partial charge in [-0.15, -0.1) is 5.10 Å². The Labute approximate surface area is 107 Å². The van der Waals surface area contributed by atoms with Crippen LogP contribution in [0, 0.1) is 29.6 Å². The van der Waals surface area contributed by atoms with Crippen molar-refractivity contribution in [1.29, 1.82) is 0 Å². The first-order valence-corrected chi connectivity index (χ1v) is 7.28. The van der Waals surface area contributed by atoms with E-state index in [1.54, 1.807) is 0 Å². The van der Waals surface area contributed by atoms with Crippen LogP contribution in [0.5, 0.6) is 0 Å². The van der Waals surface area contributed by atoms with Gasteiger partial charge < -0.3 is 5.73 Å². The molecule has 2 N–H and O–H groups in total. The second-order valence-corrected chi connectivity index (χ2v) is 6.58. The van der Waals surface area contributed by atoms with Crippen LogP contribution in [-0.4, -0.2) is 20.2 Å². The fraction of sp³-hybridized carbons (Fsp3) is 0.923. The molecule has 0 radical (unpaired) electrons. The Morgan fingerprint density at radius 1 is 1.06 bits per heavy atom. The number of aromatic nitrogens is 4. The van der Waals surface area contributed by atoms with E-state index in [1.807, 2.05) is 4.68 Å². The summed E-state index contributed by atoms with van der Waals surface area (Å²) in [5, 5.41) is 11.9. The van der Waals surface area contributed by atoms with Crippen molar-refractivity contribution in [3.8, 4) is 0 Å². The lowest BCUT2D eigenvalue weighted by molar-refractivity contribution is -0.0447. The standard InChI is InChI=1S/C13H21N5/c14-6-13-15-16-17-18(13)7-12-10-2-8-1-9(4-10)5-11(12)3-8/h8-12H,1-7,14H2. The minimum atomic E-state index is 0.445. The number of rotatable bonds is 3. The van der Waals surface area contributed by atoms with Crippen molar-refractivity contribution >= 4 is 0 Å². The first-order valence-electron chi connectivity index (χ1n) is 7.28. The van der Waals surface area contributed by atoms with E-state index in [4.69, 9.17) is 5.73 Å². The maximum Gasteiger partial charge on any atom is 0.164 e. The van der Waals surface area contributed by atoms with E-state index in [2.05, 4.69) is 15.5 Å². The van der Waals surface area contributed by atoms with Gasteiger partial charge in [-0.25, -0.2) is 4.68 Å². The van der Waals surface area contributed by atoms with Crippen LogP contribution in [0.1, 0.15) is 37.9 Å². The Morgan fingerprint density at radius 2 is 1.72 bits per heavy atom. The molecule has 4 aliphatic rings. The third kappa shape index (κ3) is 1.60. The molecule has 5 heteroatoms. The molecule has 0 unspecified atom stereocenters. The molecule has 0 aromatic carbocycles. The van der Waals surface area contributed by atoms with E-state index in [-0.39, 0.29) is 0 Å². The highest BCUT2D eigenvalue weighted by molar-refractivity contribution is 4.98. The number of hydrogen-bond donors (Lipinski definition) is 1. The van der Waals surface area contributed by atoms with Crippen molar-refractivity contribution in [2.75, 3.05) is 0 Å². The molecule has 0 aliphatic heterocycles. The van der Waals surface area contributed by atoms with Crippen molar-refractivity contribution in [3.63, 3.8) is 0 Å². The zero-order chi connectivity index (χ0) is 12.1. The summed E-state index contributed by atoms with van der Waals surface area (Å²) in [7, 11) is 0. The number of tetrazole rings is 1. The summed E-state index contributed by atoms with van der Waals surface area (Å²) >= 11 is 0. The number of nitrogens with two attached hydrogens (primary N) is 1. The van der Waals surface area contributed by atoms with Crippen molar-refractivity contribution in [2.45, 2.75) is 45.2 Å². The van der Waals surface area contributed by atoms with Gasteiger partial charge in [-0.1, -0.05) is 0 Å². The van der Waals surface area contributed by atoms with E-state index >= 15 is 0 Å². The lowest BCUT2D eigenvalue weighted by Gasteiger charge is -2.54. The molecule has 1 aromatic rings. The van der Waals surface area contributed by atoms with Gasteiger partial charge in [0.2, 0.25) is 0 Å². The van der Waals surface area contributed by atoms with Crippen molar-refractivity contribution in [2.24, 2.45) is 35.3 Å². The molecular weight excluding hydrogens is 226 g/mol. The third-order valence-corrected chi connectivity index (χ3v) is 5.59. The molecule has 0 atom stereocenters. The fourth-order valence-electron chi connectivity index (χ4n) is 5.05. The highest BCUT2D eigenvalue weighted by Crippen LogP contribution is 2.56. The molecule has 4 saturated carbocycles. The maximum absolute atomic E-state index is 5.68. The van der Waals surface area contributed by atoms with E-state index in [0.29, 0.717) is 6.54 Å². The minimum Gasteiger partial charge on any atom is -0.324 e. The van der Waals surface area contributed by atoms with Crippen LogP contribution in [0.4, 0.5) is 0 Å². The zero-order valence-corrected chi connectivity index (χ0v) is 10.7. The van der Waals surface area contributed by atoms with Crippen molar-refractivity contribution in [3.05, 3.63) is 5.82 Å². The van der Waals surface area contributed by atoms with Gasteiger partial charge in [0, 0.05) is 6.54 Å². The molecule has 1 aromatic heterocycles. The summed E-state index contributed by atoms with van der Waals surface area (Å²) in [4.78, 5) is 0. The Bertz CT molecular complexity index is 412. The largest absolute Gasteiger partial charge is 0.324 e. The second kappa shape index (κ2) is 4.02. The van der Waals surface area contributed by atoms with Crippen LogP contribution in [-0.2, 0) is 13.1 Å². The summed E-state index contributed by atoms with van der Waals surface area (Å²) in [6.07, 6.45) is 7.34. The molecule has 0 saturated heterocycles. The lowest BCUT2D eigenvalue weighted by Crippen LogP contribution is -2.46. The van der Waals surface area contributed by atoms with Gasteiger partial charge in [-0.3, -0.25) is 0 Å². The zero-order valence-electron chi connectivity index (χ0n) is 10.7. The van der Waals surface area contributed by atoms with Gasteiger partial charge in [-0.05, 0) is 72.1 Å². The van der Waals surface area contributed by atoms with E-state index in [0.717, 1.165) is 42.0 Å². The molecule has 5 rings (SSSR count). The van der Waals surface area contributed by atoms with Gasteiger partial charge in [0.15, 0.2) is 5.82 Å². The SMILES string of the molecule is NCc1nnnn1CC1C2CC3CC(C2)CC1C3. The smallest absolute Gasteiger partial charge is 0.164 e. The predicted molar refractivity (Wildman–Crippen MR) is 66.2 cm³/mol. The summed E-state index contributed by atoms with van der Waals surface area (Å²) in [6, 6.07) is 0. The molecule has 0 amide bonds. The van der Waals surface area contributed by atoms with Crippen molar-refractivity contribution < 1.29 is 0 Å². The Kier molecular flexibility index (Phi) is 2.43. The molecule has 5 nitrogen and oxygen atoms in total. The first kappa shape index (κ1) is 10.9. The Balaban J connectivity index is 1.55. The average molecular weight is 247 g/mol. The van der Waals surface area contributed by atoms with E-state index in [1.165, 1.54) is 32.1 Å². The molecule has 98 valence electrons. The molecule has 4 fully saturated rings. The summed E-state index contributed by atoms with van der Waals surface area (Å²) < 4.78 is 1.95. The van der Waals surface area contributed by atoms with Crippen LogP contribution in [0.15, 0.2) is 0 Å². The average Bonchev–Trinajstić information content (AvgIpc) is 2.80. The minimum absolute atomic E-state index is 0.445. The lowest BCUT2D eigenvalue weighted by atomic mass is 9.52. The highest BCUT2D eigenvalue weighted by atomic mass is 15.5. The first-order chi connectivity index (χ1) is 8.83. The monoisotopic (exact) mass is 247 g/mol. The predicted octanol–water partition coefficient (Wildman–Crippen LogP) is 1.20. The summed E-state index contributed by atoms with van der Waals surface area (Å²) in [5.74, 6) is 5.56. The van der Waals surface area contributed by atoms with Crippen LogP contribution in [0.2, 0.25) is 0 Å². The number of hydrogen-bond acceptors (Lipinski definition) is 4. The summed E-state index contributed by atoms with van der Waals surface area (Å²) in [5.41, 5.74) is 5.68. The maximum atomic E-state index is 5.68. The molecule has 4 bridgehead atoms. The fourth-order valence-corrected chi connectivity index (χ4v) is 5.05. The van der Waals surface area contributed by atoms with Crippen LogP contribution < -0.4 is 5.73 Å². The van der Waals surface area contributed by atoms with Gasteiger partial charge in [-0.2, -0.15) is 0 Å². The van der Waals surface area contributed by atoms with E-state index < -0.39 is 0 Å². The highest BCUT2D eigenvalue weighted by Gasteiger charge is 2.48. The van der Waals surface area contributed by atoms with E-state index in [9.17, 15) is 0 Å². The Hall–Kier alpha value is -0.970. The van der Waals surface area contributed by atoms with Crippen LogP contribution >= 0.6 is 0 Å². The quantitative estimate of drug-likeness (QED) is 0.871. The number of nitrogens with zero attached hydrogens (tertiary/aromatic N) is 4. The second-order valence-electron chi connectivity index (χ2n) is 6.58. The molecule has 18 heavy (non-hydrogen) atoms. The van der Waals surface area contributed by atoms with Gasteiger partial charge in [0.1, 0.15) is 0 Å². The van der Waals surface area contributed by atoms with Crippen LogP contribution in [0.3, 0.4) is 0 Å². The van der Waals surface area contributed by atoms with Gasteiger partial charge >= 0.3 is 0 Å². The summed E-state index contributed by atoms with van der Waals surface area (Å²) in [6.45, 7) is 1.44. The van der Waals surface area contributed by atoms with Crippen molar-refractivity contribution in [1.82, 2.24) is 20.2 Å². The third-order valence-electron chi connectivity index (χ3n) is 5.59. The molecule has 0 spiro atoms.